The molecule has 8 nitrogen and oxygen atoms in total. The zero-order valence-corrected chi connectivity index (χ0v) is 14.2. The summed E-state index contributed by atoms with van der Waals surface area (Å²) in [6.45, 7) is 1.10. The maximum absolute atomic E-state index is 12.5. The van der Waals surface area contributed by atoms with Crippen LogP contribution in [0.4, 0.5) is 5.13 Å². The van der Waals surface area contributed by atoms with Gasteiger partial charge in [-0.3, -0.25) is 14.3 Å². The van der Waals surface area contributed by atoms with E-state index >= 15 is 0 Å². The molecule has 0 saturated heterocycles. The molecule has 0 atom stereocenters. The lowest BCUT2D eigenvalue weighted by atomic mass is 9.85. The zero-order valence-electron chi connectivity index (χ0n) is 13.4. The molecular formula is C15H18N6O2S. The van der Waals surface area contributed by atoms with Gasteiger partial charge in [0.05, 0.1) is 18.4 Å². The summed E-state index contributed by atoms with van der Waals surface area (Å²) in [7, 11) is 1.73. The number of aromatic nitrogens is 4. The lowest BCUT2D eigenvalue weighted by Gasteiger charge is -2.25. The van der Waals surface area contributed by atoms with Crippen LogP contribution in [0.1, 0.15) is 40.3 Å². The zero-order chi connectivity index (χ0) is 16.7. The number of thiazole rings is 1. The number of aryl methyl sites for hydroxylation is 1. The van der Waals surface area contributed by atoms with Gasteiger partial charge < -0.3 is 10.2 Å². The van der Waals surface area contributed by atoms with Crippen LogP contribution in [0.15, 0.2) is 6.20 Å². The summed E-state index contributed by atoms with van der Waals surface area (Å²) in [5, 5.41) is 11.2. The van der Waals surface area contributed by atoms with Crippen molar-refractivity contribution in [1.82, 2.24) is 24.9 Å². The first-order valence-corrected chi connectivity index (χ1v) is 8.87. The summed E-state index contributed by atoms with van der Waals surface area (Å²) >= 11 is 1.46. The largest absolute Gasteiger partial charge is 0.332 e. The molecule has 2 aromatic rings. The third-order valence-electron chi connectivity index (χ3n) is 4.55. The number of amides is 2. The Morgan fingerprint density at radius 3 is 2.88 bits per heavy atom. The van der Waals surface area contributed by atoms with Crippen LogP contribution in [0, 0.1) is 5.92 Å². The molecule has 0 unspecified atom stereocenters. The number of nitrogens with one attached hydrogen (secondary N) is 1. The Kier molecular flexibility index (Phi) is 3.79. The predicted octanol–water partition coefficient (Wildman–Crippen LogP) is 1.21. The SMILES string of the molecule is Cn1cc(C(=O)N2CCc3nc(NC(=O)C4CCC4)sc3C2)nn1. The van der Waals surface area contributed by atoms with Gasteiger partial charge in [-0.25, -0.2) is 4.98 Å². The number of hydrogen-bond acceptors (Lipinski definition) is 6. The van der Waals surface area contributed by atoms with Gasteiger partial charge >= 0.3 is 0 Å². The molecule has 2 aliphatic rings. The van der Waals surface area contributed by atoms with E-state index in [2.05, 4.69) is 20.6 Å². The maximum Gasteiger partial charge on any atom is 0.276 e. The summed E-state index contributed by atoms with van der Waals surface area (Å²) in [5.74, 6) is 0.0858. The molecule has 0 aromatic carbocycles. The van der Waals surface area contributed by atoms with E-state index in [1.807, 2.05) is 0 Å². The number of fused-ring (bicyclic) bond motifs is 1. The minimum absolute atomic E-state index is 0.0693. The number of rotatable bonds is 3. The fourth-order valence-corrected chi connectivity index (χ4v) is 3.93. The summed E-state index contributed by atoms with van der Waals surface area (Å²) in [5.41, 5.74) is 1.33. The van der Waals surface area contributed by atoms with Crippen LogP contribution in [0.3, 0.4) is 0 Å². The highest BCUT2D eigenvalue weighted by Gasteiger charge is 2.29. The van der Waals surface area contributed by atoms with E-state index in [9.17, 15) is 9.59 Å². The van der Waals surface area contributed by atoms with Gasteiger partial charge in [0.25, 0.3) is 5.91 Å². The highest BCUT2D eigenvalue weighted by Crippen LogP contribution is 2.31. The summed E-state index contributed by atoms with van der Waals surface area (Å²) in [4.78, 5) is 31.8. The summed E-state index contributed by atoms with van der Waals surface area (Å²) in [6.07, 6.45) is 5.38. The Balaban J connectivity index is 1.45. The minimum atomic E-state index is -0.123. The smallest absolute Gasteiger partial charge is 0.276 e. The number of carbonyl (C=O) groups is 2. The van der Waals surface area contributed by atoms with Crippen molar-refractivity contribution < 1.29 is 9.59 Å². The average molecular weight is 346 g/mol. The van der Waals surface area contributed by atoms with Gasteiger partial charge in [0.15, 0.2) is 10.8 Å². The van der Waals surface area contributed by atoms with E-state index in [-0.39, 0.29) is 17.7 Å². The first-order valence-electron chi connectivity index (χ1n) is 8.05. The molecule has 0 radical (unpaired) electrons. The lowest BCUT2D eigenvalue weighted by molar-refractivity contribution is -0.122. The number of nitrogens with zero attached hydrogens (tertiary/aromatic N) is 5. The molecule has 1 fully saturated rings. The van der Waals surface area contributed by atoms with E-state index in [1.165, 1.54) is 16.0 Å². The molecule has 0 spiro atoms. The van der Waals surface area contributed by atoms with Crippen LogP contribution in [0.5, 0.6) is 0 Å². The topological polar surface area (TPSA) is 93.0 Å². The Morgan fingerprint density at radius 1 is 1.38 bits per heavy atom. The van der Waals surface area contributed by atoms with Gasteiger partial charge in [-0.2, -0.15) is 0 Å². The molecule has 4 rings (SSSR count). The van der Waals surface area contributed by atoms with Crippen molar-refractivity contribution in [3.8, 4) is 0 Å². The van der Waals surface area contributed by atoms with Crippen molar-refractivity contribution in [2.75, 3.05) is 11.9 Å². The first-order chi connectivity index (χ1) is 11.6. The van der Waals surface area contributed by atoms with Crippen molar-refractivity contribution in [2.45, 2.75) is 32.2 Å². The number of anilines is 1. The van der Waals surface area contributed by atoms with Crippen LogP contribution < -0.4 is 5.32 Å². The van der Waals surface area contributed by atoms with Gasteiger partial charge in [0.2, 0.25) is 5.91 Å². The third-order valence-corrected chi connectivity index (χ3v) is 5.54. The van der Waals surface area contributed by atoms with E-state index in [4.69, 9.17) is 0 Å². The summed E-state index contributed by atoms with van der Waals surface area (Å²) in [6, 6.07) is 0. The molecular weight excluding hydrogens is 328 g/mol. The number of carbonyl (C=O) groups excluding carboxylic acids is 2. The molecule has 1 N–H and O–H groups in total. The average Bonchev–Trinajstić information content (AvgIpc) is 3.09. The molecule has 2 aromatic heterocycles. The highest BCUT2D eigenvalue weighted by molar-refractivity contribution is 7.15. The van der Waals surface area contributed by atoms with E-state index in [1.54, 1.807) is 18.1 Å². The molecule has 3 heterocycles. The van der Waals surface area contributed by atoms with Crippen LogP contribution in [0.25, 0.3) is 0 Å². The molecule has 126 valence electrons. The molecule has 24 heavy (non-hydrogen) atoms. The van der Waals surface area contributed by atoms with Crippen molar-refractivity contribution in [2.24, 2.45) is 13.0 Å². The predicted molar refractivity (Wildman–Crippen MR) is 87.5 cm³/mol. The third kappa shape index (κ3) is 2.79. The molecule has 1 aliphatic heterocycles. The quantitative estimate of drug-likeness (QED) is 0.902. The Bertz CT molecular complexity index is 794. The number of hydrogen-bond donors (Lipinski definition) is 1. The minimum Gasteiger partial charge on any atom is -0.332 e. The van der Waals surface area contributed by atoms with Crippen molar-refractivity contribution in [3.63, 3.8) is 0 Å². The fraction of sp³-hybridized carbons (Fsp3) is 0.533. The van der Waals surface area contributed by atoms with Gasteiger partial charge in [0, 0.05) is 30.8 Å². The van der Waals surface area contributed by atoms with Gasteiger partial charge in [-0.15, -0.1) is 5.10 Å². The van der Waals surface area contributed by atoms with Gasteiger partial charge in [0.1, 0.15) is 0 Å². The van der Waals surface area contributed by atoms with Crippen molar-refractivity contribution in [1.29, 1.82) is 0 Å². The second-order valence-electron chi connectivity index (χ2n) is 6.26. The molecule has 2 amide bonds. The van der Waals surface area contributed by atoms with E-state index < -0.39 is 0 Å². The second kappa shape index (κ2) is 5.97. The maximum atomic E-state index is 12.5. The molecule has 1 saturated carbocycles. The van der Waals surface area contributed by atoms with Gasteiger partial charge in [-0.05, 0) is 12.8 Å². The van der Waals surface area contributed by atoms with E-state index in [0.717, 1.165) is 29.8 Å². The van der Waals surface area contributed by atoms with Crippen LogP contribution in [0.2, 0.25) is 0 Å². The van der Waals surface area contributed by atoms with Crippen molar-refractivity contribution in [3.05, 3.63) is 22.5 Å². The molecule has 1 aliphatic carbocycles. The monoisotopic (exact) mass is 346 g/mol. The first kappa shape index (κ1) is 15.3. The Labute approximate surface area is 142 Å². The van der Waals surface area contributed by atoms with Crippen molar-refractivity contribution >= 4 is 28.3 Å². The Hall–Kier alpha value is -2.29. The molecule has 0 bridgehead atoms. The van der Waals surface area contributed by atoms with Crippen LogP contribution in [-0.4, -0.2) is 43.2 Å². The molecule has 9 heteroatoms. The van der Waals surface area contributed by atoms with E-state index in [0.29, 0.717) is 30.3 Å². The van der Waals surface area contributed by atoms with Crippen LogP contribution >= 0.6 is 11.3 Å². The van der Waals surface area contributed by atoms with Crippen LogP contribution in [-0.2, 0) is 24.8 Å². The summed E-state index contributed by atoms with van der Waals surface area (Å²) < 4.78 is 1.52. The lowest BCUT2D eigenvalue weighted by Crippen LogP contribution is -2.35. The standard InChI is InChI=1S/C15H18N6O2S/c1-20-7-11(18-19-20)14(23)21-6-5-10-12(8-21)24-15(16-10)17-13(22)9-3-2-4-9/h7,9H,2-6,8H2,1H3,(H,16,17,22). The Morgan fingerprint density at radius 2 is 2.21 bits per heavy atom. The normalized spacial score (nSPS) is 17.3. The van der Waals surface area contributed by atoms with Gasteiger partial charge in [-0.1, -0.05) is 23.0 Å². The fourth-order valence-electron chi connectivity index (χ4n) is 2.91. The highest BCUT2D eigenvalue weighted by atomic mass is 32.1. The second-order valence-corrected chi connectivity index (χ2v) is 7.34.